The lowest BCUT2D eigenvalue weighted by molar-refractivity contribution is 0.0746. The maximum absolute atomic E-state index is 13.5. The van der Waals surface area contributed by atoms with Crippen molar-refractivity contribution in [1.82, 2.24) is 0 Å². The van der Waals surface area contributed by atoms with Crippen LogP contribution in [0.2, 0.25) is 0 Å². The smallest absolute Gasteiger partial charge is 0.203 e. The molecule has 0 saturated carbocycles. The number of ether oxygens (including phenoxy) is 3. The number of hydrogen-bond acceptors (Lipinski definition) is 5. The minimum atomic E-state index is -1.33. The monoisotopic (exact) mass is 530 g/mol. The van der Waals surface area contributed by atoms with Gasteiger partial charge in [-0.2, -0.15) is 0 Å². The Kier molecular flexibility index (Phi) is 8.87. The SMILES string of the molecule is O=C(c1cc(OCc2ccccc2)c(OCc2ccccc2)c(OCc2ccccc2)c1)C(O)c1ccccc1. The number of benzene rings is 5. The van der Waals surface area contributed by atoms with Crippen LogP contribution in [0.4, 0.5) is 0 Å². The molecule has 1 N–H and O–H groups in total. The molecule has 0 radical (unpaired) electrons. The molecule has 5 aromatic rings. The molecule has 5 nitrogen and oxygen atoms in total. The van der Waals surface area contributed by atoms with Crippen LogP contribution < -0.4 is 14.2 Å². The fraction of sp³-hybridized carbons (Fsp3) is 0.114. The van der Waals surface area contributed by atoms with Gasteiger partial charge >= 0.3 is 0 Å². The van der Waals surface area contributed by atoms with Crippen molar-refractivity contribution in [2.45, 2.75) is 25.9 Å². The number of aliphatic hydroxyl groups is 1. The normalized spacial score (nSPS) is 11.4. The summed E-state index contributed by atoms with van der Waals surface area (Å²) in [6, 6.07) is 41.4. The summed E-state index contributed by atoms with van der Waals surface area (Å²) < 4.78 is 18.8. The third-order valence-corrected chi connectivity index (χ3v) is 6.37. The van der Waals surface area contributed by atoms with Gasteiger partial charge in [0.2, 0.25) is 5.75 Å². The lowest BCUT2D eigenvalue weighted by atomic mass is 9.99. The molecule has 5 rings (SSSR count). The van der Waals surface area contributed by atoms with Crippen LogP contribution in [0, 0.1) is 0 Å². The Morgan fingerprint density at radius 2 is 0.925 bits per heavy atom. The fourth-order valence-electron chi connectivity index (χ4n) is 4.22. The van der Waals surface area contributed by atoms with Gasteiger partial charge in [-0.15, -0.1) is 0 Å². The quantitative estimate of drug-likeness (QED) is 0.171. The number of hydrogen-bond donors (Lipinski definition) is 1. The molecular weight excluding hydrogens is 500 g/mol. The van der Waals surface area contributed by atoms with E-state index in [2.05, 4.69) is 0 Å². The molecule has 5 aromatic carbocycles. The molecule has 0 bridgehead atoms. The Hall–Kier alpha value is -4.87. The Morgan fingerprint density at radius 3 is 1.35 bits per heavy atom. The molecule has 0 aliphatic rings. The molecule has 0 aromatic heterocycles. The Labute approximate surface area is 234 Å². The molecule has 0 heterocycles. The van der Waals surface area contributed by atoms with E-state index in [1.165, 1.54) is 0 Å². The minimum absolute atomic E-state index is 0.259. The van der Waals surface area contributed by atoms with Crippen LogP contribution in [0.25, 0.3) is 0 Å². The van der Waals surface area contributed by atoms with E-state index in [4.69, 9.17) is 14.2 Å². The third-order valence-electron chi connectivity index (χ3n) is 6.37. The van der Waals surface area contributed by atoms with Crippen LogP contribution in [0.15, 0.2) is 133 Å². The first-order valence-electron chi connectivity index (χ1n) is 13.1. The molecular formula is C35H30O5. The molecule has 0 saturated heterocycles. The highest BCUT2D eigenvalue weighted by atomic mass is 16.5. The van der Waals surface area contributed by atoms with Crippen molar-refractivity contribution in [2.24, 2.45) is 0 Å². The Bertz CT molecular complexity index is 1440. The van der Waals surface area contributed by atoms with Crippen LogP contribution in [0.5, 0.6) is 17.2 Å². The van der Waals surface area contributed by atoms with Crippen LogP contribution in [0.3, 0.4) is 0 Å². The molecule has 0 fully saturated rings. The van der Waals surface area contributed by atoms with Gasteiger partial charge in [0.15, 0.2) is 17.3 Å². The number of rotatable bonds is 12. The highest BCUT2D eigenvalue weighted by molar-refractivity contribution is 6.01. The molecule has 0 aliphatic heterocycles. The maximum Gasteiger partial charge on any atom is 0.203 e. The van der Waals surface area contributed by atoms with Gasteiger partial charge in [0, 0.05) is 5.56 Å². The van der Waals surface area contributed by atoms with Crippen LogP contribution in [-0.4, -0.2) is 10.9 Å². The second kappa shape index (κ2) is 13.3. The van der Waals surface area contributed by atoms with Crippen molar-refractivity contribution >= 4 is 5.78 Å². The molecule has 0 amide bonds. The van der Waals surface area contributed by atoms with E-state index >= 15 is 0 Å². The largest absolute Gasteiger partial charge is 0.485 e. The third kappa shape index (κ3) is 6.95. The summed E-state index contributed by atoms with van der Waals surface area (Å²) >= 11 is 0. The topological polar surface area (TPSA) is 65.0 Å². The second-order valence-electron chi connectivity index (χ2n) is 9.30. The summed E-state index contributed by atoms with van der Waals surface area (Å²) in [7, 11) is 0. The Morgan fingerprint density at radius 1 is 0.550 bits per heavy atom. The maximum atomic E-state index is 13.5. The standard InChI is InChI=1S/C35H30O5/c36-33(29-19-11-4-12-20-29)34(37)30-21-31(38-23-26-13-5-1-6-14-26)35(40-25-28-17-9-3-10-18-28)32(22-30)39-24-27-15-7-2-8-16-27/h1-22,33,36H,23-25H2. The number of carbonyl (C=O) groups is 1. The zero-order valence-electron chi connectivity index (χ0n) is 22.0. The van der Waals surface area contributed by atoms with E-state index in [-0.39, 0.29) is 25.4 Å². The van der Waals surface area contributed by atoms with E-state index < -0.39 is 11.9 Å². The highest BCUT2D eigenvalue weighted by Gasteiger charge is 2.24. The van der Waals surface area contributed by atoms with Gasteiger partial charge in [-0.05, 0) is 34.4 Å². The van der Waals surface area contributed by atoms with Crippen molar-refractivity contribution in [3.63, 3.8) is 0 Å². The molecule has 200 valence electrons. The Balaban J connectivity index is 1.52. The van der Waals surface area contributed by atoms with Gasteiger partial charge in [0.1, 0.15) is 25.9 Å². The van der Waals surface area contributed by atoms with Gasteiger partial charge in [0.05, 0.1) is 0 Å². The average molecular weight is 531 g/mol. The van der Waals surface area contributed by atoms with Gasteiger partial charge in [0.25, 0.3) is 0 Å². The van der Waals surface area contributed by atoms with Crippen LogP contribution in [-0.2, 0) is 19.8 Å². The van der Waals surface area contributed by atoms with Gasteiger partial charge in [-0.25, -0.2) is 0 Å². The van der Waals surface area contributed by atoms with E-state index in [9.17, 15) is 9.90 Å². The second-order valence-corrected chi connectivity index (χ2v) is 9.30. The van der Waals surface area contributed by atoms with E-state index in [0.717, 1.165) is 16.7 Å². The van der Waals surface area contributed by atoms with Crippen molar-refractivity contribution < 1.29 is 24.1 Å². The summed E-state index contributed by atoms with van der Waals surface area (Å²) in [6.07, 6.45) is -1.33. The number of aliphatic hydroxyl groups excluding tert-OH is 1. The van der Waals surface area contributed by atoms with E-state index in [1.807, 2.05) is 97.1 Å². The lowest BCUT2D eigenvalue weighted by Crippen LogP contribution is -2.13. The first kappa shape index (κ1) is 26.7. The summed E-state index contributed by atoms with van der Waals surface area (Å²) in [6.45, 7) is 0.809. The van der Waals surface area contributed by atoms with E-state index in [1.54, 1.807) is 36.4 Å². The number of ketones is 1. The van der Waals surface area contributed by atoms with Crippen LogP contribution in [0.1, 0.15) is 38.7 Å². The fourth-order valence-corrected chi connectivity index (χ4v) is 4.22. The van der Waals surface area contributed by atoms with Gasteiger partial charge < -0.3 is 19.3 Å². The first-order chi connectivity index (χ1) is 19.7. The zero-order chi connectivity index (χ0) is 27.6. The zero-order valence-corrected chi connectivity index (χ0v) is 22.0. The number of carbonyl (C=O) groups excluding carboxylic acids is 1. The van der Waals surface area contributed by atoms with Crippen molar-refractivity contribution in [3.8, 4) is 17.2 Å². The highest BCUT2D eigenvalue weighted by Crippen LogP contribution is 2.41. The van der Waals surface area contributed by atoms with Gasteiger partial charge in [-0.3, -0.25) is 4.79 Å². The van der Waals surface area contributed by atoms with E-state index in [0.29, 0.717) is 22.8 Å². The summed E-state index contributed by atoms with van der Waals surface area (Å²) in [5.74, 6) is 0.638. The van der Waals surface area contributed by atoms with Crippen molar-refractivity contribution in [3.05, 3.63) is 161 Å². The molecule has 1 atom stereocenters. The lowest BCUT2D eigenvalue weighted by Gasteiger charge is -2.20. The summed E-state index contributed by atoms with van der Waals surface area (Å²) in [4.78, 5) is 13.5. The molecule has 40 heavy (non-hydrogen) atoms. The predicted octanol–water partition coefficient (Wildman–Crippen LogP) is 7.34. The summed E-state index contributed by atoms with van der Waals surface area (Å²) in [5, 5.41) is 10.9. The molecule has 0 aliphatic carbocycles. The van der Waals surface area contributed by atoms with Crippen molar-refractivity contribution in [2.75, 3.05) is 0 Å². The molecule has 0 spiro atoms. The molecule has 1 unspecified atom stereocenters. The van der Waals surface area contributed by atoms with Gasteiger partial charge in [-0.1, -0.05) is 121 Å². The molecule has 5 heteroatoms. The van der Waals surface area contributed by atoms with Crippen molar-refractivity contribution in [1.29, 1.82) is 0 Å². The number of Topliss-reactive ketones (excluding diaryl/α,β-unsaturated/α-hetero) is 1. The predicted molar refractivity (Wildman–Crippen MR) is 154 cm³/mol. The van der Waals surface area contributed by atoms with Crippen LogP contribution >= 0.6 is 0 Å². The summed E-state index contributed by atoms with van der Waals surface area (Å²) in [5.41, 5.74) is 3.67. The minimum Gasteiger partial charge on any atom is -0.485 e. The average Bonchev–Trinajstić information content (AvgIpc) is 3.03. The first-order valence-corrected chi connectivity index (χ1v) is 13.1.